The smallest absolute Gasteiger partial charge is 0.138 e. The highest BCUT2D eigenvalue weighted by molar-refractivity contribution is 6.32. The number of benzene rings is 1. The highest BCUT2D eigenvalue weighted by Gasteiger charge is 2.15. The van der Waals surface area contributed by atoms with E-state index in [0.29, 0.717) is 11.6 Å². The topological polar surface area (TPSA) is 48.8 Å². The van der Waals surface area contributed by atoms with Crippen molar-refractivity contribution in [1.29, 1.82) is 0 Å². The Kier molecular flexibility index (Phi) is 12.2. The molecular weight excluding hydrogens is 462 g/mol. The van der Waals surface area contributed by atoms with Crippen LogP contribution in [0.2, 0.25) is 5.02 Å². The van der Waals surface area contributed by atoms with E-state index in [4.69, 9.17) is 30.9 Å². The standard InChI is InChI=1S/C28H44ClN3O3/c1-4-26-24(12-8-6-7-11-19-35-28-14-13-23(33-3)22-25(28)29)27(5-2)32(30-26)16-10-9-15-31-17-20-34-21-18-31/h13-14,22H,4-12,15-21H2,1-3H3. The fourth-order valence-corrected chi connectivity index (χ4v) is 5.05. The Bertz CT molecular complexity index is 881. The van der Waals surface area contributed by atoms with Crippen molar-refractivity contribution in [2.24, 2.45) is 0 Å². The summed E-state index contributed by atoms with van der Waals surface area (Å²) in [7, 11) is 1.64. The Balaban J connectivity index is 1.37. The fraction of sp³-hybridized carbons (Fsp3) is 0.679. The third-order valence-electron chi connectivity index (χ3n) is 6.84. The lowest BCUT2D eigenvalue weighted by molar-refractivity contribution is 0.0370. The van der Waals surface area contributed by atoms with E-state index in [1.807, 2.05) is 12.1 Å². The molecule has 2 heterocycles. The van der Waals surface area contributed by atoms with E-state index in [2.05, 4.69) is 23.4 Å². The summed E-state index contributed by atoms with van der Waals surface area (Å²) >= 11 is 6.25. The molecule has 0 unspecified atom stereocenters. The zero-order valence-corrected chi connectivity index (χ0v) is 22.7. The molecule has 0 amide bonds. The van der Waals surface area contributed by atoms with Crippen LogP contribution < -0.4 is 9.47 Å². The Morgan fingerprint density at radius 2 is 1.74 bits per heavy atom. The summed E-state index contributed by atoms with van der Waals surface area (Å²) in [5.74, 6) is 1.47. The second kappa shape index (κ2) is 15.4. The third kappa shape index (κ3) is 8.69. The Morgan fingerprint density at radius 3 is 2.46 bits per heavy atom. The van der Waals surface area contributed by atoms with Gasteiger partial charge in [0.05, 0.1) is 37.6 Å². The predicted molar refractivity (Wildman–Crippen MR) is 143 cm³/mol. The molecule has 1 fully saturated rings. The van der Waals surface area contributed by atoms with Crippen molar-refractivity contribution < 1.29 is 14.2 Å². The first-order chi connectivity index (χ1) is 17.2. The number of hydrogen-bond acceptors (Lipinski definition) is 5. The molecule has 1 aliphatic rings. The van der Waals surface area contributed by atoms with E-state index >= 15 is 0 Å². The molecule has 0 N–H and O–H groups in total. The summed E-state index contributed by atoms with van der Waals surface area (Å²) in [6, 6.07) is 5.54. The molecule has 0 spiro atoms. The van der Waals surface area contributed by atoms with Gasteiger partial charge in [-0.15, -0.1) is 0 Å². The number of aromatic nitrogens is 2. The molecule has 1 aromatic heterocycles. The van der Waals surface area contributed by atoms with Crippen LogP contribution in [0, 0.1) is 0 Å². The van der Waals surface area contributed by atoms with Crippen LogP contribution in [0.1, 0.15) is 69.3 Å². The van der Waals surface area contributed by atoms with Gasteiger partial charge in [0.15, 0.2) is 0 Å². The number of aryl methyl sites for hydroxylation is 2. The summed E-state index contributed by atoms with van der Waals surface area (Å²) < 4.78 is 18.8. The summed E-state index contributed by atoms with van der Waals surface area (Å²) in [6.07, 6.45) is 10.2. The summed E-state index contributed by atoms with van der Waals surface area (Å²) in [5, 5.41) is 5.61. The second-order valence-corrected chi connectivity index (χ2v) is 9.68. The van der Waals surface area contributed by atoms with Crippen molar-refractivity contribution in [3.05, 3.63) is 40.2 Å². The van der Waals surface area contributed by atoms with Gasteiger partial charge in [-0.1, -0.05) is 38.3 Å². The van der Waals surface area contributed by atoms with Crippen molar-refractivity contribution in [2.75, 3.05) is 46.6 Å². The van der Waals surface area contributed by atoms with Gasteiger partial charge in [0, 0.05) is 31.4 Å². The third-order valence-corrected chi connectivity index (χ3v) is 7.13. The van der Waals surface area contributed by atoms with Gasteiger partial charge in [-0.05, 0) is 69.2 Å². The normalized spacial score (nSPS) is 14.4. The number of morpholine rings is 1. The summed E-state index contributed by atoms with van der Waals surface area (Å²) in [4.78, 5) is 2.52. The van der Waals surface area contributed by atoms with Gasteiger partial charge in [-0.3, -0.25) is 9.58 Å². The Hall–Kier alpha value is -1.76. The molecule has 1 saturated heterocycles. The van der Waals surface area contributed by atoms with Crippen LogP contribution in [0.4, 0.5) is 0 Å². The average molecular weight is 506 g/mol. The van der Waals surface area contributed by atoms with Crippen molar-refractivity contribution in [2.45, 2.75) is 78.2 Å². The predicted octanol–water partition coefficient (Wildman–Crippen LogP) is 5.96. The van der Waals surface area contributed by atoms with Gasteiger partial charge in [-0.25, -0.2) is 0 Å². The molecule has 3 rings (SSSR count). The van der Waals surface area contributed by atoms with Crippen LogP contribution in [0.5, 0.6) is 11.5 Å². The maximum absolute atomic E-state index is 6.25. The van der Waals surface area contributed by atoms with Crippen LogP contribution >= 0.6 is 11.6 Å². The molecule has 2 aromatic rings. The zero-order valence-electron chi connectivity index (χ0n) is 22.0. The fourth-order valence-electron chi connectivity index (χ4n) is 4.83. The van der Waals surface area contributed by atoms with E-state index in [1.165, 1.54) is 49.2 Å². The molecule has 0 radical (unpaired) electrons. The van der Waals surface area contributed by atoms with Crippen LogP contribution in [-0.4, -0.2) is 61.2 Å². The lowest BCUT2D eigenvalue weighted by Gasteiger charge is -2.26. The first-order valence-corrected chi connectivity index (χ1v) is 13.9. The van der Waals surface area contributed by atoms with E-state index in [0.717, 1.165) is 76.5 Å². The van der Waals surface area contributed by atoms with E-state index in [-0.39, 0.29) is 0 Å². The van der Waals surface area contributed by atoms with E-state index in [1.54, 1.807) is 13.2 Å². The molecule has 35 heavy (non-hydrogen) atoms. The van der Waals surface area contributed by atoms with Crippen LogP contribution in [0.3, 0.4) is 0 Å². The first kappa shape index (κ1) is 27.8. The quantitative estimate of drug-likeness (QED) is 0.263. The largest absolute Gasteiger partial charge is 0.497 e. The molecule has 0 atom stereocenters. The van der Waals surface area contributed by atoms with Gasteiger partial charge >= 0.3 is 0 Å². The van der Waals surface area contributed by atoms with Crippen molar-refractivity contribution in [3.63, 3.8) is 0 Å². The number of unbranched alkanes of at least 4 members (excludes halogenated alkanes) is 4. The minimum Gasteiger partial charge on any atom is -0.497 e. The second-order valence-electron chi connectivity index (χ2n) is 9.27. The van der Waals surface area contributed by atoms with Gasteiger partial charge in [0.2, 0.25) is 0 Å². The monoisotopic (exact) mass is 505 g/mol. The lowest BCUT2D eigenvalue weighted by Crippen LogP contribution is -2.36. The molecule has 0 saturated carbocycles. The number of ether oxygens (including phenoxy) is 3. The Morgan fingerprint density at radius 1 is 0.971 bits per heavy atom. The first-order valence-electron chi connectivity index (χ1n) is 13.5. The van der Waals surface area contributed by atoms with E-state index in [9.17, 15) is 0 Å². The zero-order chi connectivity index (χ0) is 24.9. The number of halogens is 1. The molecule has 196 valence electrons. The van der Waals surface area contributed by atoms with Crippen molar-refractivity contribution in [3.8, 4) is 11.5 Å². The van der Waals surface area contributed by atoms with Gasteiger partial charge in [0.1, 0.15) is 11.5 Å². The highest BCUT2D eigenvalue weighted by Crippen LogP contribution is 2.29. The molecular formula is C28H44ClN3O3. The molecule has 6 nitrogen and oxygen atoms in total. The van der Waals surface area contributed by atoms with Crippen molar-refractivity contribution >= 4 is 11.6 Å². The molecule has 1 aliphatic heterocycles. The average Bonchev–Trinajstić information content (AvgIpc) is 3.23. The lowest BCUT2D eigenvalue weighted by atomic mass is 10.0. The highest BCUT2D eigenvalue weighted by atomic mass is 35.5. The number of hydrogen-bond donors (Lipinski definition) is 0. The Labute approximate surface area is 216 Å². The van der Waals surface area contributed by atoms with Crippen LogP contribution in [-0.2, 0) is 30.5 Å². The SMILES string of the molecule is CCc1nn(CCCCN2CCOCC2)c(CC)c1CCCCCCOc1ccc(OC)cc1Cl. The van der Waals surface area contributed by atoms with Gasteiger partial charge in [0.25, 0.3) is 0 Å². The minimum absolute atomic E-state index is 0.599. The number of rotatable bonds is 16. The van der Waals surface area contributed by atoms with Crippen LogP contribution in [0.25, 0.3) is 0 Å². The minimum atomic E-state index is 0.599. The number of methoxy groups -OCH3 is 1. The van der Waals surface area contributed by atoms with E-state index < -0.39 is 0 Å². The molecule has 7 heteroatoms. The van der Waals surface area contributed by atoms with Gasteiger partial charge < -0.3 is 14.2 Å². The maximum Gasteiger partial charge on any atom is 0.138 e. The summed E-state index contributed by atoms with van der Waals surface area (Å²) in [6.45, 7) is 11.3. The molecule has 0 bridgehead atoms. The number of nitrogens with zero attached hydrogens (tertiary/aromatic N) is 3. The maximum atomic E-state index is 6.25. The van der Waals surface area contributed by atoms with Gasteiger partial charge in [-0.2, -0.15) is 5.10 Å². The summed E-state index contributed by atoms with van der Waals surface area (Å²) in [5.41, 5.74) is 4.25. The molecule has 0 aliphatic carbocycles. The van der Waals surface area contributed by atoms with Crippen LogP contribution in [0.15, 0.2) is 18.2 Å². The molecule has 1 aromatic carbocycles. The van der Waals surface area contributed by atoms with Crippen molar-refractivity contribution in [1.82, 2.24) is 14.7 Å².